The van der Waals surface area contributed by atoms with Crippen LogP contribution in [0.2, 0.25) is 0 Å². The van der Waals surface area contributed by atoms with E-state index in [9.17, 15) is 14.7 Å². The van der Waals surface area contributed by atoms with Gasteiger partial charge in [-0.3, -0.25) is 14.5 Å². The zero-order valence-corrected chi connectivity index (χ0v) is 25.1. The van der Waals surface area contributed by atoms with E-state index < -0.39 is 12.0 Å². The number of esters is 1. The Hall–Kier alpha value is -3.84. The number of benzene rings is 3. The van der Waals surface area contributed by atoms with Crippen LogP contribution in [-0.4, -0.2) is 48.2 Å². The molecule has 0 bridgehead atoms. The summed E-state index contributed by atoms with van der Waals surface area (Å²) in [6.45, 7) is 4.31. The summed E-state index contributed by atoms with van der Waals surface area (Å²) >= 11 is 0. The van der Waals surface area contributed by atoms with Crippen LogP contribution in [0.4, 0.5) is 0 Å². The second kappa shape index (κ2) is 12.8. The van der Waals surface area contributed by atoms with Crippen LogP contribution in [0.25, 0.3) is 11.1 Å². The van der Waals surface area contributed by atoms with Gasteiger partial charge in [-0.15, -0.1) is 0 Å². The summed E-state index contributed by atoms with van der Waals surface area (Å²) in [4.78, 5) is 26.2. The number of hydrogen-bond donors (Lipinski definition) is 1. The van der Waals surface area contributed by atoms with E-state index in [0.717, 1.165) is 67.7 Å². The molecule has 3 aromatic rings. The summed E-state index contributed by atoms with van der Waals surface area (Å²) < 4.78 is 18.0. The van der Waals surface area contributed by atoms with Crippen molar-refractivity contribution >= 4 is 11.9 Å². The van der Waals surface area contributed by atoms with Gasteiger partial charge in [0.05, 0.1) is 19.6 Å². The average molecular weight is 584 g/mol. The highest BCUT2D eigenvalue weighted by molar-refractivity contribution is 5.75. The molecule has 1 saturated heterocycles. The van der Waals surface area contributed by atoms with Gasteiger partial charge in [-0.2, -0.15) is 0 Å². The van der Waals surface area contributed by atoms with Crippen molar-refractivity contribution in [3.8, 4) is 22.6 Å². The third-order valence-electron chi connectivity index (χ3n) is 9.49. The number of carbonyl (C=O) groups is 2. The fraction of sp³-hybridized carbons (Fsp3) is 0.444. The third kappa shape index (κ3) is 6.28. The molecule has 3 atom stereocenters. The number of nitrogens with zero attached hydrogens (tertiary/aromatic N) is 1. The number of methoxy groups -OCH3 is 1. The van der Waals surface area contributed by atoms with Gasteiger partial charge in [0.1, 0.15) is 24.1 Å². The minimum absolute atomic E-state index is 0.114. The Kier molecular flexibility index (Phi) is 8.70. The molecule has 0 aromatic heterocycles. The number of piperidine rings is 1. The summed E-state index contributed by atoms with van der Waals surface area (Å²) in [6, 6.07) is 18.3. The molecule has 1 saturated carbocycles. The molecule has 1 unspecified atom stereocenters. The zero-order valence-electron chi connectivity index (χ0n) is 25.1. The molecular weight excluding hydrogens is 542 g/mol. The fourth-order valence-corrected chi connectivity index (χ4v) is 6.88. The lowest BCUT2D eigenvalue weighted by Crippen LogP contribution is -2.44. The van der Waals surface area contributed by atoms with Gasteiger partial charge in [0, 0.05) is 24.1 Å². The van der Waals surface area contributed by atoms with Gasteiger partial charge in [0.25, 0.3) is 0 Å². The molecule has 7 nitrogen and oxygen atoms in total. The molecule has 0 radical (unpaired) electrons. The number of fused-ring (bicyclic) bond motifs is 1. The maximum absolute atomic E-state index is 12.1. The fourth-order valence-electron chi connectivity index (χ4n) is 6.88. The molecular formula is C36H41NO6. The molecule has 1 N–H and O–H groups in total. The first kappa shape index (κ1) is 29.2. The Morgan fingerprint density at radius 3 is 2.56 bits per heavy atom. The molecule has 0 spiro atoms. The van der Waals surface area contributed by atoms with Crippen LogP contribution in [0.15, 0.2) is 54.6 Å². The molecule has 6 rings (SSSR count). The number of ether oxygens (including phenoxy) is 3. The number of aliphatic carboxylic acids is 1. The zero-order chi connectivity index (χ0) is 29.9. The standard InChI is InChI=1S/C36H41NO6/c1-23-25(12-8-13-27(23)24-10-4-3-5-11-24)21-42-33-19-34(43-22-26-18-30(26)36(40)41-2)31(28-14-9-15-29(28)33)20-37-17-7-6-16-32(37)35(38)39/h3-5,8,10-13,19,26,30,32H,6-7,9,14-18,20-22H2,1-2H3,(H,38,39)/t26-,30-,32?/m1/s1. The van der Waals surface area contributed by atoms with Crippen molar-refractivity contribution in [2.45, 2.75) is 71.1 Å². The number of rotatable bonds is 11. The number of carboxylic acid groups (broad SMARTS) is 1. The van der Waals surface area contributed by atoms with E-state index in [0.29, 0.717) is 26.2 Å². The summed E-state index contributed by atoms with van der Waals surface area (Å²) in [7, 11) is 1.43. The van der Waals surface area contributed by atoms with Crippen molar-refractivity contribution in [1.29, 1.82) is 0 Å². The number of carbonyl (C=O) groups excluding carboxylic acids is 1. The van der Waals surface area contributed by atoms with Crippen LogP contribution in [-0.2, 0) is 40.3 Å². The summed E-state index contributed by atoms with van der Waals surface area (Å²) in [6.07, 6.45) is 6.23. The monoisotopic (exact) mass is 583 g/mol. The lowest BCUT2D eigenvalue weighted by molar-refractivity contribution is -0.145. The summed E-state index contributed by atoms with van der Waals surface area (Å²) in [5.74, 6) is 0.656. The van der Waals surface area contributed by atoms with Crippen molar-refractivity contribution in [1.82, 2.24) is 4.90 Å². The second-order valence-corrected chi connectivity index (χ2v) is 12.2. The van der Waals surface area contributed by atoms with E-state index in [4.69, 9.17) is 14.2 Å². The Morgan fingerprint density at radius 1 is 0.953 bits per heavy atom. The second-order valence-electron chi connectivity index (χ2n) is 12.2. The smallest absolute Gasteiger partial charge is 0.320 e. The van der Waals surface area contributed by atoms with Crippen molar-refractivity contribution in [3.63, 3.8) is 0 Å². The van der Waals surface area contributed by atoms with Gasteiger partial charge in [-0.05, 0) is 85.4 Å². The van der Waals surface area contributed by atoms with Crippen LogP contribution in [0.3, 0.4) is 0 Å². The van der Waals surface area contributed by atoms with Gasteiger partial charge in [0.15, 0.2) is 0 Å². The maximum atomic E-state index is 12.1. The van der Waals surface area contributed by atoms with Gasteiger partial charge in [0.2, 0.25) is 0 Å². The molecule has 7 heteroatoms. The van der Waals surface area contributed by atoms with E-state index in [2.05, 4.69) is 54.3 Å². The predicted octanol–water partition coefficient (Wildman–Crippen LogP) is 6.36. The number of likely N-dealkylation sites (tertiary alicyclic amines) is 1. The molecule has 3 aliphatic rings. The van der Waals surface area contributed by atoms with Gasteiger partial charge < -0.3 is 19.3 Å². The highest BCUT2D eigenvalue weighted by Gasteiger charge is 2.44. The first-order valence-corrected chi connectivity index (χ1v) is 15.6. The predicted molar refractivity (Wildman–Crippen MR) is 164 cm³/mol. The van der Waals surface area contributed by atoms with E-state index in [1.807, 2.05) is 12.1 Å². The minimum atomic E-state index is -0.759. The lowest BCUT2D eigenvalue weighted by atomic mass is 9.96. The molecule has 43 heavy (non-hydrogen) atoms. The Labute approximate surface area is 253 Å². The van der Waals surface area contributed by atoms with Crippen LogP contribution < -0.4 is 9.47 Å². The van der Waals surface area contributed by atoms with E-state index in [-0.39, 0.29) is 17.8 Å². The SMILES string of the molecule is COC(=O)[C@@H]1C[C@@H]1COc1cc(OCc2cccc(-c3ccccc3)c2C)c2c(c1CN1CCCCC1C(=O)O)CCC2. The first-order chi connectivity index (χ1) is 20.9. The highest BCUT2D eigenvalue weighted by atomic mass is 16.5. The Balaban J connectivity index is 1.29. The normalized spacial score (nSPS) is 21.2. The number of carboxylic acids is 1. The van der Waals surface area contributed by atoms with Gasteiger partial charge in [-0.25, -0.2) is 0 Å². The molecule has 1 heterocycles. The Morgan fingerprint density at radius 2 is 1.77 bits per heavy atom. The van der Waals surface area contributed by atoms with Crippen molar-refractivity contribution in [2.24, 2.45) is 11.8 Å². The third-order valence-corrected chi connectivity index (χ3v) is 9.49. The summed E-state index contributed by atoms with van der Waals surface area (Å²) in [5.41, 5.74) is 8.24. The molecule has 226 valence electrons. The van der Waals surface area contributed by atoms with Gasteiger partial charge in [-0.1, -0.05) is 55.0 Å². The van der Waals surface area contributed by atoms with Crippen LogP contribution in [0.5, 0.6) is 11.5 Å². The first-order valence-electron chi connectivity index (χ1n) is 15.6. The highest BCUT2D eigenvalue weighted by Crippen LogP contribution is 2.44. The number of hydrogen-bond acceptors (Lipinski definition) is 6. The van der Waals surface area contributed by atoms with E-state index >= 15 is 0 Å². The minimum Gasteiger partial charge on any atom is -0.493 e. The molecule has 2 fully saturated rings. The topological polar surface area (TPSA) is 85.3 Å². The van der Waals surface area contributed by atoms with Crippen molar-refractivity contribution < 1.29 is 28.9 Å². The molecule has 2 aliphatic carbocycles. The van der Waals surface area contributed by atoms with E-state index in [1.165, 1.54) is 34.9 Å². The molecule has 3 aromatic carbocycles. The van der Waals surface area contributed by atoms with Crippen LogP contribution in [0, 0.1) is 18.8 Å². The maximum Gasteiger partial charge on any atom is 0.320 e. The summed E-state index contributed by atoms with van der Waals surface area (Å²) in [5, 5.41) is 9.94. The van der Waals surface area contributed by atoms with Crippen LogP contribution in [0.1, 0.15) is 59.9 Å². The Bertz CT molecular complexity index is 1480. The largest absolute Gasteiger partial charge is 0.493 e. The van der Waals surface area contributed by atoms with Gasteiger partial charge >= 0.3 is 11.9 Å². The lowest BCUT2D eigenvalue weighted by Gasteiger charge is -2.34. The van der Waals surface area contributed by atoms with E-state index in [1.54, 1.807) is 0 Å². The molecule has 1 aliphatic heterocycles. The van der Waals surface area contributed by atoms with Crippen molar-refractivity contribution in [3.05, 3.63) is 82.4 Å². The van der Waals surface area contributed by atoms with Crippen molar-refractivity contribution in [2.75, 3.05) is 20.3 Å². The quantitative estimate of drug-likeness (QED) is 0.263. The average Bonchev–Trinajstić information content (AvgIpc) is 3.64. The van der Waals surface area contributed by atoms with Crippen LogP contribution >= 0.6 is 0 Å². The molecule has 0 amide bonds.